The molecule has 0 aromatic carbocycles. The fourth-order valence-electron chi connectivity index (χ4n) is 1.27. The van der Waals surface area contributed by atoms with Gasteiger partial charge in [0, 0.05) is 13.1 Å². The van der Waals surface area contributed by atoms with Crippen molar-refractivity contribution in [3.63, 3.8) is 0 Å². The largest absolute Gasteiger partial charge is 0.392 e. The van der Waals surface area contributed by atoms with Crippen molar-refractivity contribution in [3.8, 4) is 0 Å². The van der Waals surface area contributed by atoms with Gasteiger partial charge in [0.05, 0.1) is 0 Å². The van der Waals surface area contributed by atoms with Crippen LogP contribution in [-0.4, -0.2) is 9.13 Å². The lowest BCUT2D eigenvalue weighted by Crippen LogP contribution is -2.41. The Bertz CT molecular complexity index is 461. The molecule has 0 spiro atoms. The zero-order valence-electron chi connectivity index (χ0n) is 8.15. The van der Waals surface area contributed by atoms with Gasteiger partial charge in [-0.05, 0) is 13.8 Å². The second-order valence-corrected chi connectivity index (χ2v) is 3.24. The fourth-order valence-corrected chi connectivity index (χ4v) is 1.60. The Labute approximate surface area is 86.6 Å². The number of nitrogens with two attached hydrogens (primary N) is 1. The summed E-state index contributed by atoms with van der Waals surface area (Å²) in [5.74, 6) is 0. The number of nitrogen functional groups attached to an aromatic ring is 1. The summed E-state index contributed by atoms with van der Waals surface area (Å²) in [6.07, 6.45) is 0. The first-order valence-corrected chi connectivity index (χ1v) is 4.81. The quantitative estimate of drug-likeness (QED) is 0.535. The first-order chi connectivity index (χ1) is 6.54. The van der Waals surface area contributed by atoms with Crippen LogP contribution in [0.15, 0.2) is 14.6 Å². The van der Waals surface area contributed by atoms with E-state index in [1.54, 1.807) is 13.8 Å². The average Bonchev–Trinajstić information content (AvgIpc) is 2.16. The van der Waals surface area contributed by atoms with E-state index in [4.69, 9.17) is 5.73 Å². The number of aromatic nitrogens is 2. The Kier molecular flexibility index (Phi) is 3.05. The molecule has 0 aliphatic rings. The molecule has 1 aromatic heterocycles. The fraction of sp³-hybridized carbons (Fsp3) is 0.500. The summed E-state index contributed by atoms with van der Waals surface area (Å²) in [5.41, 5.74) is 4.73. The zero-order chi connectivity index (χ0) is 10.9. The van der Waals surface area contributed by atoms with Gasteiger partial charge in [-0.2, -0.15) is 0 Å². The highest BCUT2D eigenvalue weighted by Crippen LogP contribution is 2.08. The lowest BCUT2D eigenvalue weighted by Gasteiger charge is -2.11. The Balaban J connectivity index is 3.74. The van der Waals surface area contributed by atoms with Gasteiger partial charge in [0.15, 0.2) is 0 Å². The van der Waals surface area contributed by atoms with Crippen LogP contribution in [0.4, 0.5) is 5.69 Å². The summed E-state index contributed by atoms with van der Waals surface area (Å²) in [6.45, 7) is 4.28. The van der Waals surface area contributed by atoms with E-state index in [0.29, 0.717) is 13.1 Å². The van der Waals surface area contributed by atoms with E-state index in [1.807, 2.05) is 0 Å². The molecule has 0 amide bonds. The highest BCUT2D eigenvalue weighted by atomic mass is 32.1. The molecule has 1 aromatic rings. The number of rotatable bonds is 2. The summed E-state index contributed by atoms with van der Waals surface area (Å²) >= 11 is 4.04. The molecule has 0 radical (unpaired) electrons. The Morgan fingerprint density at radius 3 is 2.14 bits per heavy atom. The second kappa shape index (κ2) is 3.91. The molecule has 0 saturated heterocycles. The summed E-state index contributed by atoms with van der Waals surface area (Å²) < 4.78 is 2.46. The van der Waals surface area contributed by atoms with Gasteiger partial charge >= 0.3 is 5.69 Å². The smallest absolute Gasteiger partial charge is 0.331 e. The van der Waals surface area contributed by atoms with E-state index in [9.17, 15) is 9.59 Å². The summed E-state index contributed by atoms with van der Waals surface area (Å²) in [6, 6.07) is 0. The normalized spacial score (nSPS) is 10.5. The van der Waals surface area contributed by atoms with Gasteiger partial charge in [-0.15, -0.1) is 12.6 Å². The van der Waals surface area contributed by atoms with Crippen LogP contribution in [0.25, 0.3) is 0 Å². The van der Waals surface area contributed by atoms with Crippen LogP contribution in [0.5, 0.6) is 0 Å². The highest BCUT2D eigenvalue weighted by Gasteiger charge is 2.11. The summed E-state index contributed by atoms with van der Waals surface area (Å²) in [4.78, 5) is 23.1. The van der Waals surface area contributed by atoms with Crippen LogP contribution in [0.3, 0.4) is 0 Å². The van der Waals surface area contributed by atoms with E-state index >= 15 is 0 Å². The number of nitrogens with zero attached hydrogens (tertiary/aromatic N) is 2. The summed E-state index contributed by atoms with van der Waals surface area (Å²) in [5, 5.41) is 0.243. The van der Waals surface area contributed by atoms with Crippen molar-refractivity contribution in [1.29, 1.82) is 0 Å². The minimum Gasteiger partial charge on any atom is -0.392 e. The van der Waals surface area contributed by atoms with Crippen molar-refractivity contribution < 1.29 is 0 Å². The van der Waals surface area contributed by atoms with Crippen molar-refractivity contribution in [2.45, 2.75) is 32.0 Å². The van der Waals surface area contributed by atoms with Crippen molar-refractivity contribution in [2.75, 3.05) is 5.73 Å². The van der Waals surface area contributed by atoms with Gasteiger partial charge in [0.1, 0.15) is 10.7 Å². The maximum atomic E-state index is 11.6. The van der Waals surface area contributed by atoms with E-state index in [-0.39, 0.29) is 16.4 Å². The molecule has 0 bridgehead atoms. The van der Waals surface area contributed by atoms with Crippen LogP contribution in [0.2, 0.25) is 0 Å². The Morgan fingerprint density at radius 1 is 1.21 bits per heavy atom. The van der Waals surface area contributed by atoms with Crippen molar-refractivity contribution in [3.05, 3.63) is 20.8 Å². The monoisotopic (exact) mass is 215 g/mol. The number of hydrogen-bond donors (Lipinski definition) is 2. The maximum Gasteiger partial charge on any atom is 0.331 e. The van der Waals surface area contributed by atoms with Crippen LogP contribution in [0, 0.1) is 0 Å². The molecule has 0 aliphatic heterocycles. The van der Waals surface area contributed by atoms with Gasteiger partial charge in [-0.3, -0.25) is 13.9 Å². The molecule has 2 N–H and O–H groups in total. The average molecular weight is 215 g/mol. The summed E-state index contributed by atoms with van der Waals surface area (Å²) in [7, 11) is 0. The van der Waals surface area contributed by atoms with Gasteiger partial charge in [0.25, 0.3) is 5.56 Å². The molecule has 1 heterocycles. The molecule has 14 heavy (non-hydrogen) atoms. The van der Waals surface area contributed by atoms with Crippen molar-refractivity contribution in [2.24, 2.45) is 0 Å². The zero-order valence-corrected chi connectivity index (χ0v) is 9.04. The molecule has 0 fully saturated rings. The van der Waals surface area contributed by atoms with Crippen LogP contribution in [-0.2, 0) is 13.1 Å². The van der Waals surface area contributed by atoms with E-state index in [2.05, 4.69) is 12.6 Å². The van der Waals surface area contributed by atoms with E-state index < -0.39 is 5.56 Å². The third kappa shape index (κ3) is 1.45. The van der Waals surface area contributed by atoms with Gasteiger partial charge in [-0.25, -0.2) is 4.79 Å². The van der Waals surface area contributed by atoms with E-state index in [1.165, 1.54) is 4.57 Å². The Hall–Kier alpha value is -1.17. The SMILES string of the molecule is CCn1c(S)c(N)c(=O)n(CC)c1=O. The molecule has 0 unspecified atom stereocenters. The molecule has 0 saturated carbocycles. The standard InChI is InChI=1S/C8H13N3O2S/c1-3-10-6(12)5(9)7(14)11(4-2)8(10)13/h14H,3-4,9H2,1-2H3. The number of thiol groups is 1. The Morgan fingerprint density at radius 2 is 1.71 bits per heavy atom. The third-order valence-corrected chi connectivity index (χ3v) is 2.55. The highest BCUT2D eigenvalue weighted by molar-refractivity contribution is 7.80. The molecule has 78 valence electrons. The van der Waals surface area contributed by atoms with Crippen molar-refractivity contribution >= 4 is 18.3 Å². The molecule has 5 nitrogen and oxygen atoms in total. The lowest BCUT2D eigenvalue weighted by atomic mass is 10.5. The molecular weight excluding hydrogens is 202 g/mol. The predicted octanol–water partition coefficient (Wildman–Crippen LogP) is -0.0793. The van der Waals surface area contributed by atoms with Crippen molar-refractivity contribution in [1.82, 2.24) is 9.13 Å². The molecule has 0 atom stereocenters. The minimum absolute atomic E-state index is 0.0247. The maximum absolute atomic E-state index is 11.6. The minimum atomic E-state index is -0.466. The van der Waals surface area contributed by atoms with Gasteiger partial charge < -0.3 is 5.73 Å². The number of hydrogen-bond acceptors (Lipinski definition) is 4. The molecule has 1 rings (SSSR count). The topological polar surface area (TPSA) is 70.0 Å². The van der Waals surface area contributed by atoms with Gasteiger partial charge in [0.2, 0.25) is 0 Å². The van der Waals surface area contributed by atoms with Crippen LogP contribution < -0.4 is 17.0 Å². The predicted molar refractivity (Wildman–Crippen MR) is 58.0 cm³/mol. The number of anilines is 1. The van der Waals surface area contributed by atoms with Crippen LogP contribution >= 0.6 is 12.6 Å². The molecule has 0 aliphatic carbocycles. The first-order valence-electron chi connectivity index (χ1n) is 4.36. The molecular formula is C8H13N3O2S. The third-order valence-electron chi connectivity index (χ3n) is 2.07. The van der Waals surface area contributed by atoms with E-state index in [0.717, 1.165) is 4.57 Å². The lowest BCUT2D eigenvalue weighted by molar-refractivity contribution is 0.554. The van der Waals surface area contributed by atoms with Gasteiger partial charge in [-0.1, -0.05) is 0 Å². The van der Waals surface area contributed by atoms with Crippen LogP contribution in [0.1, 0.15) is 13.8 Å². The first kappa shape index (κ1) is 10.9. The second-order valence-electron chi connectivity index (χ2n) is 2.81. The molecule has 6 heteroatoms.